The summed E-state index contributed by atoms with van der Waals surface area (Å²) in [7, 11) is -3.81. The van der Waals surface area contributed by atoms with E-state index in [0.29, 0.717) is 10.6 Å². The molecular weight excluding hydrogens is 324 g/mol. The molecule has 0 aliphatic carbocycles. The predicted octanol–water partition coefficient (Wildman–Crippen LogP) is 0.983. The van der Waals surface area contributed by atoms with Crippen LogP contribution in [-0.4, -0.2) is 24.5 Å². The molecule has 0 saturated carbocycles. The number of carboxylic acid groups (broad SMARTS) is 1. The summed E-state index contributed by atoms with van der Waals surface area (Å²) in [4.78, 5) is 24.3. The van der Waals surface area contributed by atoms with Crippen LogP contribution >= 0.6 is 22.7 Å². The molecule has 0 aromatic carbocycles. The molecule has 20 heavy (non-hydrogen) atoms. The number of aromatic nitrogens is 1. The van der Waals surface area contributed by atoms with Crippen LogP contribution in [0.5, 0.6) is 0 Å². The predicted molar refractivity (Wildman–Crippen MR) is 75.0 cm³/mol. The van der Waals surface area contributed by atoms with Crippen LogP contribution in [0.4, 0.5) is 0 Å². The highest BCUT2D eigenvalue weighted by molar-refractivity contribution is 7.89. The Morgan fingerprint density at radius 1 is 1.50 bits per heavy atom. The average molecular weight is 334 g/mol. The lowest BCUT2D eigenvalue weighted by atomic mass is 10.4. The molecule has 108 valence electrons. The van der Waals surface area contributed by atoms with Crippen LogP contribution in [0.3, 0.4) is 0 Å². The molecule has 0 spiro atoms. The maximum absolute atomic E-state index is 12.1. The van der Waals surface area contributed by atoms with Crippen molar-refractivity contribution in [3.8, 4) is 0 Å². The Hall–Kier alpha value is -1.49. The number of sulfonamides is 1. The molecule has 0 bridgehead atoms. The second-order valence-electron chi connectivity index (χ2n) is 3.83. The van der Waals surface area contributed by atoms with E-state index in [0.717, 1.165) is 28.7 Å². The normalized spacial score (nSPS) is 11.7. The largest absolute Gasteiger partial charge is 0.477 e. The Kier molecular flexibility index (Phi) is 4.09. The Labute approximate surface area is 122 Å². The summed E-state index contributed by atoms with van der Waals surface area (Å²) in [5.74, 6) is -1.17. The summed E-state index contributed by atoms with van der Waals surface area (Å²) in [6, 6.07) is 1.13. The van der Waals surface area contributed by atoms with Crippen LogP contribution in [0.1, 0.15) is 20.2 Å². The number of hydrogen-bond donors (Lipinski definition) is 3. The first-order valence-electron chi connectivity index (χ1n) is 5.29. The molecule has 0 aliphatic rings. The molecule has 0 aliphatic heterocycles. The third kappa shape index (κ3) is 3.15. The molecule has 0 atom stereocenters. The molecule has 2 heterocycles. The fraction of sp³-hybridized carbons (Fsp3) is 0.200. The summed E-state index contributed by atoms with van der Waals surface area (Å²) < 4.78 is 26.5. The van der Waals surface area contributed by atoms with Crippen LogP contribution in [0, 0.1) is 6.92 Å². The maximum Gasteiger partial charge on any atom is 0.345 e. The highest BCUT2D eigenvalue weighted by Gasteiger charge is 2.22. The van der Waals surface area contributed by atoms with Crippen LogP contribution in [0.2, 0.25) is 0 Å². The first-order chi connectivity index (χ1) is 9.29. The molecule has 0 unspecified atom stereocenters. The smallest absolute Gasteiger partial charge is 0.345 e. The van der Waals surface area contributed by atoms with Gasteiger partial charge in [0.15, 0.2) is 0 Å². The van der Waals surface area contributed by atoms with Crippen molar-refractivity contribution in [3.63, 3.8) is 0 Å². The van der Waals surface area contributed by atoms with Gasteiger partial charge in [0.2, 0.25) is 10.0 Å². The third-order valence-electron chi connectivity index (χ3n) is 2.40. The van der Waals surface area contributed by atoms with Crippen molar-refractivity contribution in [2.45, 2.75) is 18.4 Å². The zero-order chi connectivity index (χ0) is 14.9. The van der Waals surface area contributed by atoms with Gasteiger partial charge in [-0.15, -0.1) is 11.3 Å². The van der Waals surface area contributed by atoms with Crippen molar-refractivity contribution < 1.29 is 18.3 Å². The van der Waals surface area contributed by atoms with E-state index in [2.05, 4.69) is 9.71 Å². The van der Waals surface area contributed by atoms with Crippen molar-refractivity contribution in [1.29, 1.82) is 0 Å². The Morgan fingerprint density at radius 3 is 2.70 bits per heavy atom. The van der Waals surface area contributed by atoms with Crippen LogP contribution in [-0.2, 0) is 16.6 Å². The van der Waals surface area contributed by atoms with E-state index >= 15 is 0 Å². The second-order valence-corrected chi connectivity index (χ2v) is 7.67. The van der Waals surface area contributed by atoms with Gasteiger partial charge in [-0.25, -0.2) is 17.9 Å². The molecule has 0 radical (unpaired) electrons. The number of carbonyl (C=O) groups is 1. The number of aromatic amines is 1. The van der Waals surface area contributed by atoms with E-state index in [1.807, 2.05) is 0 Å². The van der Waals surface area contributed by atoms with Gasteiger partial charge in [-0.05, 0) is 13.0 Å². The zero-order valence-electron chi connectivity index (χ0n) is 10.2. The minimum absolute atomic E-state index is 0.0354. The number of rotatable bonds is 5. The Bertz CT molecular complexity index is 799. The third-order valence-corrected chi connectivity index (χ3v) is 5.81. The molecule has 2 aromatic rings. The van der Waals surface area contributed by atoms with E-state index in [1.54, 1.807) is 0 Å². The first-order valence-corrected chi connectivity index (χ1v) is 8.47. The van der Waals surface area contributed by atoms with E-state index in [4.69, 9.17) is 5.11 Å². The van der Waals surface area contributed by atoms with Crippen molar-refractivity contribution >= 4 is 38.7 Å². The van der Waals surface area contributed by atoms with Crippen LogP contribution in [0.25, 0.3) is 0 Å². The Balaban J connectivity index is 2.22. The van der Waals surface area contributed by atoms with Crippen molar-refractivity contribution in [2.75, 3.05) is 0 Å². The van der Waals surface area contributed by atoms with Crippen LogP contribution < -0.4 is 9.60 Å². The molecule has 7 nitrogen and oxygen atoms in total. The molecule has 0 saturated heterocycles. The van der Waals surface area contributed by atoms with Gasteiger partial charge in [0.1, 0.15) is 4.88 Å². The number of hydrogen-bond acceptors (Lipinski definition) is 6. The molecule has 2 aromatic heterocycles. The van der Waals surface area contributed by atoms with Crippen molar-refractivity contribution in [3.05, 3.63) is 36.6 Å². The molecule has 10 heteroatoms. The van der Waals surface area contributed by atoms with Gasteiger partial charge in [-0.1, -0.05) is 11.3 Å². The monoisotopic (exact) mass is 334 g/mol. The van der Waals surface area contributed by atoms with Gasteiger partial charge in [0.25, 0.3) is 0 Å². The maximum atomic E-state index is 12.1. The molecule has 0 fully saturated rings. The summed E-state index contributed by atoms with van der Waals surface area (Å²) in [5.41, 5.74) is 0.454. The highest BCUT2D eigenvalue weighted by Crippen LogP contribution is 2.25. The second kappa shape index (κ2) is 5.48. The number of thiazole rings is 1. The topological polar surface area (TPSA) is 116 Å². The van der Waals surface area contributed by atoms with Gasteiger partial charge in [0.05, 0.1) is 11.4 Å². The van der Waals surface area contributed by atoms with Gasteiger partial charge >= 0.3 is 10.8 Å². The van der Waals surface area contributed by atoms with Gasteiger partial charge in [-0.2, -0.15) is 0 Å². The number of thiophene rings is 1. The molecular formula is C10H10N2O5S3. The summed E-state index contributed by atoms with van der Waals surface area (Å²) in [6.07, 6.45) is 0. The van der Waals surface area contributed by atoms with Gasteiger partial charge in [-0.3, -0.25) is 4.79 Å². The minimum Gasteiger partial charge on any atom is -0.477 e. The quantitative estimate of drug-likeness (QED) is 0.754. The van der Waals surface area contributed by atoms with E-state index in [1.165, 1.54) is 12.3 Å². The fourth-order valence-corrected chi connectivity index (χ4v) is 4.50. The summed E-state index contributed by atoms with van der Waals surface area (Å²) in [5, 5.41) is 10.4. The zero-order valence-corrected chi connectivity index (χ0v) is 12.6. The van der Waals surface area contributed by atoms with Crippen molar-refractivity contribution in [1.82, 2.24) is 9.71 Å². The van der Waals surface area contributed by atoms with E-state index < -0.39 is 16.0 Å². The lowest BCUT2D eigenvalue weighted by molar-refractivity contribution is 0.0702. The lowest BCUT2D eigenvalue weighted by Crippen LogP contribution is -2.23. The lowest BCUT2D eigenvalue weighted by Gasteiger charge is -2.04. The average Bonchev–Trinajstić information content (AvgIpc) is 2.93. The number of aryl methyl sites for hydroxylation is 1. The van der Waals surface area contributed by atoms with Gasteiger partial charge < -0.3 is 10.1 Å². The summed E-state index contributed by atoms with van der Waals surface area (Å²) >= 11 is 1.84. The van der Waals surface area contributed by atoms with E-state index in [9.17, 15) is 18.0 Å². The SMILES string of the molecule is Cc1sc(C(=O)O)cc1S(=O)(=O)NCc1csc(=O)[nH]1. The number of H-pyrrole nitrogens is 1. The number of nitrogens with one attached hydrogen (secondary N) is 2. The highest BCUT2D eigenvalue weighted by atomic mass is 32.2. The molecule has 3 N–H and O–H groups in total. The first kappa shape index (κ1) is 14.9. The van der Waals surface area contributed by atoms with Crippen LogP contribution in [0.15, 0.2) is 21.1 Å². The number of aromatic carboxylic acids is 1. The molecule has 0 amide bonds. The molecule has 2 rings (SSSR count). The fourth-order valence-electron chi connectivity index (χ4n) is 1.49. The van der Waals surface area contributed by atoms with Gasteiger partial charge in [0, 0.05) is 16.0 Å². The summed E-state index contributed by atoms with van der Waals surface area (Å²) in [6.45, 7) is 1.48. The standard InChI is InChI=1S/C10H10N2O5S3/c1-5-8(2-7(19-5)9(13)14)20(16,17)11-3-6-4-18-10(15)12-6/h2,4,11H,3H2,1H3,(H,12,15)(H,13,14). The van der Waals surface area contributed by atoms with Crippen molar-refractivity contribution in [2.24, 2.45) is 0 Å². The number of carboxylic acids is 1. The van der Waals surface area contributed by atoms with E-state index in [-0.39, 0.29) is 21.2 Å². The Morgan fingerprint density at radius 2 is 2.20 bits per heavy atom. The minimum atomic E-state index is -3.81.